The van der Waals surface area contributed by atoms with Crippen molar-refractivity contribution in [2.45, 2.75) is 6.54 Å². The number of carboxylic acid groups (broad SMARTS) is 1. The Bertz CT molecular complexity index is 1090. The van der Waals surface area contributed by atoms with Crippen molar-refractivity contribution < 1.29 is 14.3 Å². The van der Waals surface area contributed by atoms with E-state index < -0.39 is 5.97 Å². The maximum atomic E-state index is 13.2. The molecule has 0 spiro atoms. The topological polar surface area (TPSA) is 83.7 Å². The molecule has 0 atom stereocenters. The molecular weight excluding hydrogens is 335 g/mol. The Morgan fingerprint density at radius 1 is 1.15 bits per heavy atom. The first kappa shape index (κ1) is 15.9. The van der Waals surface area contributed by atoms with Crippen molar-refractivity contribution in [2.75, 3.05) is 0 Å². The maximum Gasteiger partial charge on any atom is 0.159 e. The Hall–Kier alpha value is -3.61. The van der Waals surface area contributed by atoms with Gasteiger partial charge in [-0.25, -0.2) is 14.1 Å². The number of fused-ring (bicyclic) bond motifs is 1. The number of halogens is 1. The number of hydrogen-bond acceptors (Lipinski definition) is 5. The van der Waals surface area contributed by atoms with E-state index in [-0.39, 0.29) is 11.4 Å². The van der Waals surface area contributed by atoms with Crippen molar-refractivity contribution in [3.8, 4) is 11.3 Å². The van der Waals surface area contributed by atoms with E-state index >= 15 is 0 Å². The van der Waals surface area contributed by atoms with E-state index in [2.05, 4.69) is 15.1 Å². The van der Waals surface area contributed by atoms with Crippen molar-refractivity contribution in [3.63, 3.8) is 0 Å². The van der Waals surface area contributed by atoms with Gasteiger partial charge in [0.1, 0.15) is 5.82 Å². The van der Waals surface area contributed by atoms with E-state index in [9.17, 15) is 14.3 Å². The summed E-state index contributed by atoms with van der Waals surface area (Å²) in [5.41, 5.74) is 2.32. The summed E-state index contributed by atoms with van der Waals surface area (Å²) in [5, 5.41) is 16.2. The van der Waals surface area contributed by atoms with Gasteiger partial charge in [0.2, 0.25) is 0 Å². The van der Waals surface area contributed by atoms with Crippen LogP contribution in [0.3, 0.4) is 0 Å². The van der Waals surface area contributed by atoms with Crippen LogP contribution in [-0.4, -0.2) is 25.7 Å². The van der Waals surface area contributed by atoms with E-state index in [0.717, 1.165) is 5.56 Å². The molecule has 0 aliphatic carbocycles. The molecule has 0 fully saturated rings. The Balaban J connectivity index is 1.87. The van der Waals surface area contributed by atoms with Gasteiger partial charge in [0.05, 0.1) is 24.4 Å². The van der Waals surface area contributed by atoms with Gasteiger partial charge in [-0.1, -0.05) is 6.07 Å². The summed E-state index contributed by atoms with van der Waals surface area (Å²) >= 11 is 0. The summed E-state index contributed by atoms with van der Waals surface area (Å²) in [6.45, 7) is 0.393. The van der Waals surface area contributed by atoms with Crippen LogP contribution in [0.2, 0.25) is 0 Å². The second-order valence-corrected chi connectivity index (χ2v) is 5.75. The standard InChI is InChI=1S/C19H13FN4O2/c20-14-5-3-13(4-6-14)17-8-15(19(25)26)16-10-22-24(18(16)23-17)11-12-2-1-7-21-9-12/h1-10H,11H2,(H,25,26)/p-1. The van der Waals surface area contributed by atoms with Crippen LogP contribution in [0.5, 0.6) is 0 Å². The number of hydrogen-bond donors (Lipinski definition) is 0. The first-order valence-corrected chi connectivity index (χ1v) is 7.84. The molecule has 3 aromatic heterocycles. The third kappa shape index (κ3) is 2.90. The average molecular weight is 347 g/mol. The zero-order valence-corrected chi connectivity index (χ0v) is 13.5. The molecule has 6 nitrogen and oxygen atoms in total. The highest BCUT2D eigenvalue weighted by Crippen LogP contribution is 2.25. The summed E-state index contributed by atoms with van der Waals surface area (Å²) in [7, 11) is 0. The first-order valence-electron chi connectivity index (χ1n) is 7.84. The van der Waals surface area contributed by atoms with Gasteiger partial charge in [0.25, 0.3) is 0 Å². The number of carbonyl (C=O) groups is 1. The van der Waals surface area contributed by atoms with Crippen molar-refractivity contribution in [2.24, 2.45) is 0 Å². The molecule has 0 aliphatic rings. The second-order valence-electron chi connectivity index (χ2n) is 5.75. The fourth-order valence-electron chi connectivity index (χ4n) is 2.77. The van der Waals surface area contributed by atoms with Crippen LogP contribution in [0.25, 0.3) is 22.3 Å². The minimum absolute atomic E-state index is 0.00763. The highest BCUT2D eigenvalue weighted by molar-refractivity contribution is 6.01. The largest absolute Gasteiger partial charge is 0.545 e. The van der Waals surface area contributed by atoms with E-state index in [1.54, 1.807) is 29.2 Å². The Morgan fingerprint density at radius 3 is 2.65 bits per heavy atom. The molecule has 128 valence electrons. The lowest BCUT2D eigenvalue weighted by Crippen LogP contribution is -2.22. The van der Waals surface area contributed by atoms with Crippen LogP contribution in [0.15, 0.2) is 61.1 Å². The van der Waals surface area contributed by atoms with Crippen LogP contribution >= 0.6 is 0 Å². The molecule has 4 aromatic rings. The Morgan fingerprint density at radius 2 is 1.96 bits per heavy atom. The molecular formula is C19H12FN4O2-. The molecule has 0 radical (unpaired) electrons. The molecule has 0 N–H and O–H groups in total. The van der Waals surface area contributed by atoms with E-state index in [1.165, 1.54) is 24.4 Å². The smallest absolute Gasteiger partial charge is 0.159 e. The van der Waals surface area contributed by atoms with Gasteiger partial charge in [-0.05, 0) is 42.0 Å². The van der Waals surface area contributed by atoms with E-state index in [4.69, 9.17) is 0 Å². The molecule has 0 amide bonds. The van der Waals surface area contributed by atoms with E-state index in [1.807, 2.05) is 12.1 Å². The number of pyridine rings is 2. The molecule has 0 saturated carbocycles. The van der Waals surface area contributed by atoms with Crippen molar-refractivity contribution >= 4 is 17.0 Å². The lowest BCUT2D eigenvalue weighted by atomic mass is 10.1. The van der Waals surface area contributed by atoms with Gasteiger partial charge in [-0.15, -0.1) is 0 Å². The minimum atomic E-state index is -1.32. The molecule has 1 aromatic carbocycles. The zero-order chi connectivity index (χ0) is 18.1. The molecule has 0 aliphatic heterocycles. The SMILES string of the molecule is O=C([O-])c1cc(-c2ccc(F)cc2)nc2c1cnn2Cc1cccnc1. The van der Waals surface area contributed by atoms with Gasteiger partial charge >= 0.3 is 0 Å². The quantitative estimate of drug-likeness (QED) is 0.564. The maximum absolute atomic E-state index is 13.2. The highest BCUT2D eigenvalue weighted by Gasteiger charge is 2.13. The third-order valence-electron chi connectivity index (χ3n) is 4.02. The van der Waals surface area contributed by atoms with Crippen LogP contribution in [0.4, 0.5) is 4.39 Å². The molecule has 7 heteroatoms. The monoisotopic (exact) mass is 347 g/mol. The predicted molar refractivity (Wildman–Crippen MR) is 90.6 cm³/mol. The number of nitrogens with zero attached hydrogens (tertiary/aromatic N) is 4. The van der Waals surface area contributed by atoms with Gasteiger partial charge in [0.15, 0.2) is 5.65 Å². The summed E-state index contributed by atoms with van der Waals surface area (Å²) in [6.07, 6.45) is 4.83. The number of aromatic carboxylic acids is 1. The zero-order valence-electron chi connectivity index (χ0n) is 13.5. The van der Waals surface area contributed by atoms with Gasteiger partial charge < -0.3 is 9.90 Å². The molecule has 3 heterocycles. The first-order chi connectivity index (χ1) is 12.6. The Kier molecular flexibility index (Phi) is 3.89. The fraction of sp³-hybridized carbons (Fsp3) is 0.0526. The second kappa shape index (κ2) is 6.36. The van der Waals surface area contributed by atoms with Crippen molar-refractivity contribution in [1.82, 2.24) is 19.7 Å². The average Bonchev–Trinajstić information content (AvgIpc) is 3.05. The number of rotatable bonds is 4. The summed E-state index contributed by atoms with van der Waals surface area (Å²) in [5.74, 6) is -1.70. The van der Waals surface area contributed by atoms with Crippen LogP contribution in [0, 0.1) is 5.82 Å². The fourth-order valence-corrected chi connectivity index (χ4v) is 2.77. The predicted octanol–water partition coefficient (Wildman–Crippen LogP) is 2.04. The Labute approximate surface area is 147 Å². The van der Waals surface area contributed by atoms with Crippen molar-refractivity contribution in [3.05, 3.63) is 78.0 Å². The van der Waals surface area contributed by atoms with E-state index in [0.29, 0.717) is 28.8 Å². The van der Waals surface area contributed by atoms with Crippen LogP contribution in [-0.2, 0) is 6.54 Å². The number of carboxylic acids is 1. The van der Waals surface area contributed by atoms with Crippen molar-refractivity contribution in [1.29, 1.82) is 0 Å². The molecule has 4 rings (SSSR count). The molecule has 0 unspecified atom stereocenters. The van der Waals surface area contributed by atoms with Crippen LogP contribution < -0.4 is 5.11 Å². The lowest BCUT2D eigenvalue weighted by molar-refractivity contribution is -0.254. The van der Waals surface area contributed by atoms with Gasteiger partial charge in [-0.3, -0.25) is 4.98 Å². The number of carbonyl (C=O) groups excluding carboxylic acids is 1. The normalized spacial score (nSPS) is 11.0. The molecule has 0 bridgehead atoms. The molecule has 0 saturated heterocycles. The van der Waals surface area contributed by atoms with Crippen LogP contribution in [0.1, 0.15) is 15.9 Å². The highest BCUT2D eigenvalue weighted by atomic mass is 19.1. The summed E-state index contributed by atoms with van der Waals surface area (Å²) in [6, 6.07) is 10.8. The summed E-state index contributed by atoms with van der Waals surface area (Å²) < 4.78 is 14.8. The summed E-state index contributed by atoms with van der Waals surface area (Å²) in [4.78, 5) is 20.2. The number of aromatic nitrogens is 4. The third-order valence-corrected chi connectivity index (χ3v) is 4.02. The molecule has 26 heavy (non-hydrogen) atoms. The number of benzene rings is 1. The lowest BCUT2D eigenvalue weighted by Gasteiger charge is -2.09. The van der Waals surface area contributed by atoms with Gasteiger partial charge in [0, 0.05) is 28.9 Å². The minimum Gasteiger partial charge on any atom is -0.545 e. The van der Waals surface area contributed by atoms with Gasteiger partial charge in [-0.2, -0.15) is 5.10 Å².